The third-order valence-electron chi connectivity index (χ3n) is 3.59. The number of benzene rings is 2. The molecular weight excluding hydrogens is 262 g/mol. The predicted octanol–water partition coefficient (Wildman–Crippen LogP) is 3.74. The molecule has 0 unspecified atom stereocenters. The molecule has 0 amide bonds. The summed E-state index contributed by atoms with van der Waals surface area (Å²) in [7, 11) is 0. The predicted molar refractivity (Wildman–Crippen MR) is 80.8 cm³/mol. The highest BCUT2D eigenvalue weighted by atomic mass is 16.5. The lowest BCUT2D eigenvalue weighted by Gasteiger charge is -2.08. The third kappa shape index (κ3) is 2.10. The van der Waals surface area contributed by atoms with Crippen molar-refractivity contribution in [1.82, 2.24) is 14.7 Å². The monoisotopic (exact) mass is 275 g/mol. The van der Waals surface area contributed by atoms with Gasteiger partial charge in [0.25, 0.3) is 0 Å². The van der Waals surface area contributed by atoms with Gasteiger partial charge in [0.05, 0.1) is 6.54 Å². The molecule has 0 saturated carbocycles. The Morgan fingerprint density at radius 1 is 0.952 bits per heavy atom. The second-order valence-electron chi connectivity index (χ2n) is 4.89. The lowest BCUT2D eigenvalue weighted by atomic mass is 10.1. The molecule has 0 aliphatic carbocycles. The number of fused-ring (bicyclic) bond motifs is 1. The zero-order valence-corrected chi connectivity index (χ0v) is 11.3. The van der Waals surface area contributed by atoms with E-state index in [0.29, 0.717) is 12.4 Å². The highest BCUT2D eigenvalue weighted by molar-refractivity contribution is 5.87. The van der Waals surface area contributed by atoms with Crippen molar-refractivity contribution in [3.05, 3.63) is 72.9 Å². The van der Waals surface area contributed by atoms with E-state index in [1.807, 2.05) is 24.3 Å². The van der Waals surface area contributed by atoms with Gasteiger partial charge in [-0.1, -0.05) is 53.7 Å². The molecule has 102 valence electrons. The van der Waals surface area contributed by atoms with Crippen LogP contribution in [0.3, 0.4) is 0 Å². The zero-order valence-electron chi connectivity index (χ0n) is 11.3. The first-order valence-corrected chi connectivity index (χ1v) is 6.81. The van der Waals surface area contributed by atoms with Crippen LogP contribution in [0.25, 0.3) is 22.2 Å². The van der Waals surface area contributed by atoms with Crippen LogP contribution in [-0.2, 0) is 6.54 Å². The fraction of sp³-hybridized carbons (Fsp3) is 0.0588. The number of aromatic nitrogens is 3. The Morgan fingerprint density at radius 3 is 2.57 bits per heavy atom. The lowest BCUT2D eigenvalue weighted by Crippen LogP contribution is -2.03. The van der Waals surface area contributed by atoms with Crippen molar-refractivity contribution in [1.29, 1.82) is 0 Å². The molecule has 0 radical (unpaired) electrons. The summed E-state index contributed by atoms with van der Waals surface area (Å²) in [6.07, 6.45) is 1.36. The van der Waals surface area contributed by atoms with Gasteiger partial charge in [0.2, 0.25) is 6.39 Å². The van der Waals surface area contributed by atoms with Crippen molar-refractivity contribution in [3.8, 4) is 11.3 Å². The minimum Gasteiger partial charge on any atom is -0.343 e. The topological polar surface area (TPSA) is 43.9 Å². The molecule has 4 rings (SSSR count). The summed E-state index contributed by atoms with van der Waals surface area (Å²) in [5, 5.41) is 5.13. The van der Waals surface area contributed by atoms with Gasteiger partial charge in [-0.05, 0) is 17.7 Å². The molecule has 0 bridgehead atoms. The van der Waals surface area contributed by atoms with Crippen molar-refractivity contribution in [2.75, 3.05) is 0 Å². The van der Waals surface area contributed by atoms with Crippen molar-refractivity contribution >= 4 is 10.9 Å². The summed E-state index contributed by atoms with van der Waals surface area (Å²) in [5.41, 5.74) is 3.50. The third-order valence-corrected chi connectivity index (χ3v) is 3.59. The van der Waals surface area contributed by atoms with Crippen LogP contribution >= 0.6 is 0 Å². The SMILES string of the molecule is c1ccc(-c2cc3ccccc3n2Cc2ncon2)cc1. The van der Waals surface area contributed by atoms with Crippen molar-refractivity contribution in [2.24, 2.45) is 0 Å². The maximum atomic E-state index is 4.85. The quantitative estimate of drug-likeness (QED) is 0.572. The van der Waals surface area contributed by atoms with E-state index in [-0.39, 0.29) is 0 Å². The normalized spacial score (nSPS) is 11.0. The minimum atomic E-state index is 0.592. The summed E-state index contributed by atoms with van der Waals surface area (Å²) < 4.78 is 7.06. The number of rotatable bonds is 3. The highest BCUT2D eigenvalue weighted by Gasteiger charge is 2.12. The van der Waals surface area contributed by atoms with E-state index in [1.165, 1.54) is 22.9 Å². The van der Waals surface area contributed by atoms with Crippen LogP contribution in [0.2, 0.25) is 0 Å². The largest absolute Gasteiger partial charge is 0.343 e. The van der Waals surface area contributed by atoms with Crippen LogP contribution in [0.15, 0.2) is 71.6 Å². The van der Waals surface area contributed by atoms with E-state index >= 15 is 0 Å². The Bertz CT molecular complexity index is 864. The van der Waals surface area contributed by atoms with Crippen molar-refractivity contribution in [3.63, 3.8) is 0 Å². The van der Waals surface area contributed by atoms with Gasteiger partial charge in [0.15, 0.2) is 5.82 Å². The van der Waals surface area contributed by atoms with E-state index in [1.54, 1.807) is 0 Å². The standard InChI is InChI=1S/C17H13N3O/c1-2-6-13(7-3-1)16-10-14-8-4-5-9-15(14)20(16)11-17-18-12-21-19-17/h1-10,12H,11H2. The van der Waals surface area contributed by atoms with E-state index in [2.05, 4.69) is 51.1 Å². The van der Waals surface area contributed by atoms with Crippen LogP contribution < -0.4 is 0 Å². The molecule has 4 heteroatoms. The van der Waals surface area contributed by atoms with Gasteiger partial charge < -0.3 is 9.09 Å². The molecule has 2 aromatic heterocycles. The summed E-state index contributed by atoms with van der Waals surface area (Å²) in [5.74, 6) is 0.675. The molecule has 0 N–H and O–H groups in total. The Labute approximate surface area is 121 Å². The molecular formula is C17H13N3O. The zero-order chi connectivity index (χ0) is 14.1. The fourth-order valence-electron chi connectivity index (χ4n) is 2.63. The molecule has 2 heterocycles. The van der Waals surface area contributed by atoms with E-state index in [9.17, 15) is 0 Å². The molecule has 4 nitrogen and oxygen atoms in total. The maximum absolute atomic E-state index is 4.85. The number of para-hydroxylation sites is 1. The Kier molecular flexibility index (Phi) is 2.78. The van der Waals surface area contributed by atoms with Crippen LogP contribution in [0, 0.1) is 0 Å². The summed E-state index contributed by atoms with van der Waals surface area (Å²) >= 11 is 0. The highest BCUT2D eigenvalue weighted by Crippen LogP contribution is 2.28. The van der Waals surface area contributed by atoms with Crippen LogP contribution in [0.5, 0.6) is 0 Å². The first-order valence-electron chi connectivity index (χ1n) is 6.81. The average molecular weight is 275 g/mol. The molecule has 4 aromatic rings. The smallest absolute Gasteiger partial charge is 0.213 e. The number of hydrogen-bond acceptors (Lipinski definition) is 3. The van der Waals surface area contributed by atoms with E-state index in [0.717, 1.165) is 5.69 Å². The second kappa shape index (κ2) is 4.90. The van der Waals surface area contributed by atoms with Gasteiger partial charge in [-0.25, -0.2) is 0 Å². The van der Waals surface area contributed by atoms with Gasteiger partial charge >= 0.3 is 0 Å². The van der Waals surface area contributed by atoms with Crippen LogP contribution in [-0.4, -0.2) is 14.7 Å². The molecule has 0 fully saturated rings. The molecule has 2 aromatic carbocycles. The molecule has 21 heavy (non-hydrogen) atoms. The first kappa shape index (κ1) is 11.9. The van der Waals surface area contributed by atoms with Gasteiger partial charge in [-0.3, -0.25) is 0 Å². The Hall–Kier alpha value is -2.88. The minimum absolute atomic E-state index is 0.592. The molecule has 0 aliphatic heterocycles. The summed E-state index contributed by atoms with van der Waals surface area (Å²) in [4.78, 5) is 4.13. The van der Waals surface area contributed by atoms with Crippen LogP contribution in [0.4, 0.5) is 0 Å². The van der Waals surface area contributed by atoms with Gasteiger partial charge in [-0.15, -0.1) is 0 Å². The second-order valence-corrected chi connectivity index (χ2v) is 4.89. The maximum Gasteiger partial charge on any atom is 0.213 e. The summed E-state index contributed by atoms with van der Waals surface area (Å²) in [6, 6.07) is 20.9. The van der Waals surface area contributed by atoms with Gasteiger partial charge in [-0.2, -0.15) is 4.98 Å². The summed E-state index contributed by atoms with van der Waals surface area (Å²) in [6.45, 7) is 0.592. The van der Waals surface area contributed by atoms with Gasteiger partial charge in [0, 0.05) is 16.6 Å². The molecule has 0 saturated heterocycles. The molecule has 0 spiro atoms. The average Bonchev–Trinajstić information content (AvgIpc) is 3.17. The Balaban J connectivity index is 1.93. The first-order chi connectivity index (χ1) is 10.4. The van der Waals surface area contributed by atoms with Crippen molar-refractivity contribution < 1.29 is 4.52 Å². The van der Waals surface area contributed by atoms with Crippen molar-refractivity contribution in [2.45, 2.75) is 6.54 Å². The Morgan fingerprint density at radius 2 is 1.76 bits per heavy atom. The van der Waals surface area contributed by atoms with Gasteiger partial charge in [0.1, 0.15) is 0 Å². The van der Waals surface area contributed by atoms with E-state index in [4.69, 9.17) is 4.52 Å². The number of hydrogen-bond donors (Lipinski definition) is 0. The lowest BCUT2D eigenvalue weighted by molar-refractivity contribution is 0.408. The fourth-order valence-corrected chi connectivity index (χ4v) is 2.63. The number of nitrogens with zero attached hydrogens (tertiary/aromatic N) is 3. The van der Waals surface area contributed by atoms with Crippen LogP contribution in [0.1, 0.15) is 5.82 Å². The molecule has 0 atom stereocenters. The van der Waals surface area contributed by atoms with E-state index < -0.39 is 0 Å². The molecule has 0 aliphatic rings.